The Balaban J connectivity index is 1.49. The zero-order valence-electron chi connectivity index (χ0n) is 20.3. The number of fused-ring (bicyclic) bond motifs is 2. The molecule has 1 amide bonds. The molecule has 1 heterocycles. The highest BCUT2D eigenvalue weighted by atomic mass is 35.5. The number of H-pyrrole nitrogens is 1. The Morgan fingerprint density at radius 2 is 2.00 bits per heavy atom. The van der Waals surface area contributed by atoms with E-state index in [2.05, 4.69) is 4.98 Å². The number of carbonyl (C=O) groups is 1. The van der Waals surface area contributed by atoms with Gasteiger partial charge < -0.3 is 10.1 Å². The predicted molar refractivity (Wildman–Crippen MR) is 145 cm³/mol. The van der Waals surface area contributed by atoms with Gasteiger partial charge in [-0.1, -0.05) is 41.9 Å². The van der Waals surface area contributed by atoms with Gasteiger partial charge in [0.05, 0.1) is 10.9 Å². The minimum Gasteiger partial charge on any atom is -0.508 e. The van der Waals surface area contributed by atoms with Gasteiger partial charge in [0.1, 0.15) is 5.75 Å². The van der Waals surface area contributed by atoms with Crippen molar-refractivity contribution in [3.8, 4) is 5.75 Å². The molecule has 8 nitrogen and oxygen atoms in total. The molecular weight excluding hydrogens is 526 g/mol. The van der Waals surface area contributed by atoms with E-state index in [1.807, 2.05) is 42.6 Å². The first kappa shape index (κ1) is 26.0. The molecule has 0 fully saturated rings. The molecule has 0 radical (unpaired) electrons. The van der Waals surface area contributed by atoms with Gasteiger partial charge in [-0.25, -0.2) is 13.9 Å². The maximum absolute atomic E-state index is 13.9. The number of aromatic hydroxyl groups is 1. The average molecular weight is 552 g/mol. The van der Waals surface area contributed by atoms with E-state index in [1.54, 1.807) is 11.6 Å². The summed E-state index contributed by atoms with van der Waals surface area (Å²) in [5.74, 6) is -0.749. The SMILES string of the molecule is O=C(C=Cc1ccc2c(c1)CCC2N(CCc1c[nH]c2cc(Cl)ccc12)S(=O)(=O)c1cccc(O)c1)NO. The molecule has 38 heavy (non-hydrogen) atoms. The Morgan fingerprint density at radius 1 is 1.16 bits per heavy atom. The Bertz CT molecular complexity index is 1650. The number of rotatable bonds is 8. The van der Waals surface area contributed by atoms with Gasteiger partial charge in [0, 0.05) is 34.7 Å². The van der Waals surface area contributed by atoms with Crippen LogP contribution in [0.1, 0.15) is 34.7 Å². The molecule has 10 heteroatoms. The van der Waals surface area contributed by atoms with Crippen LogP contribution in [0.2, 0.25) is 5.02 Å². The summed E-state index contributed by atoms with van der Waals surface area (Å²) in [6.45, 7) is 0.232. The van der Waals surface area contributed by atoms with Gasteiger partial charge in [-0.2, -0.15) is 4.31 Å². The smallest absolute Gasteiger partial charge is 0.267 e. The number of carbonyl (C=O) groups excluding carboxylic acids is 1. The second-order valence-corrected chi connectivity index (χ2v) is 11.5. The van der Waals surface area contributed by atoms with E-state index in [4.69, 9.17) is 16.8 Å². The third-order valence-corrected chi connectivity index (χ3v) is 8.99. The molecule has 0 aliphatic heterocycles. The molecule has 0 saturated heterocycles. The van der Waals surface area contributed by atoms with Crippen LogP contribution < -0.4 is 5.48 Å². The number of phenols is 1. The fourth-order valence-electron chi connectivity index (χ4n) is 5.05. The first-order valence-electron chi connectivity index (χ1n) is 12.1. The van der Waals surface area contributed by atoms with Gasteiger partial charge in [0.2, 0.25) is 10.0 Å². The molecule has 0 bridgehead atoms. The first-order valence-corrected chi connectivity index (χ1v) is 13.9. The van der Waals surface area contributed by atoms with Crippen LogP contribution in [0.3, 0.4) is 0 Å². The van der Waals surface area contributed by atoms with E-state index in [9.17, 15) is 18.3 Å². The zero-order chi connectivity index (χ0) is 26.9. The van der Waals surface area contributed by atoms with Crippen molar-refractivity contribution in [2.75, 3.05) is 6.54 Å². The molecule has 1 unspecified atom stereocenters. The maximum Gasteiger partial charge on any atom is 0.267 e. The van der Waals surface area contributed by atoms with E-state index < -0.39 is 22.0 Å². The molecule has 4 N–H and O–H groups in total. The van der Waals surface area contributed by atoms with Crippen molar-refractivity contribution in [1.82, 2.24) is 14.8 Å². The number of nitrogens with one attached hydrogen (secondary N) is 2. The number of nitrogens with zero attached hydrogens (tertiary/aromatic N) is 1. The summed E-state index contributed by atoms with van der Waals surface area (Å²) in [4.78, 5) is 14.6. The average Bonchev–Trinajstić information content (AvgIpc) is 3.50. The van der Waals surface area contributed by atoms with Crippen LogP contribution in [0.15, 0.2) is 77.8 Å². The number of benzene rings is 3. The van der Waals surface area contributed by atoms with Crippen molar-refractivity contribution in [2.45, 2.75) is 30.2 Å². The fourth-order valence-corrected chi connectivity index (χ4v) is 6.89. The zero-order valence-corrected chi connectivity index (χ0v) is 21.8. The number of phenolic OH excluding ortho intramolecular Hbond substituents is 1. The van der Waals surface area contributed by atoms with E-state index in [0.29, 0.717) is 24.3 Å². The monoisotopic (exact) mass is 551 g/mol. The van der Waals surface area contributed by atoms with Crippen LogP contribution in [-0.4, -0.2) is 40.5 Å². The van der Waals surface area contributed by atoms with Crippen molar-refractivity contribution < 1.29 is 23.5 Å². The van der Waals surface area contributed by atoms with Crippen LogP contribution >= 0.6 is 11.6 Å². The summed E-state index contributed by atoms with van der Waals surface area (Å²) in [6, 6.07) is 16.5. The van der Waals surface area contributed by atoms with Crippen LogP contribution in [-0.2, 0) is 27.7 Å². The van der Waals surface area contributed by atoms with Gasteiger partial charge in [-0.05, 0) is 77.9 Å². The molecule has 196 valence electrons. The molecule has 0 spiro atoms. The normalized spacial score (nSPS) is 15.4. The molecule has 1 aromatic heterocycles. The fraction of sp³-hybridized carbons (Fsp3) is 0.179. The highest BCUT2D eigenvalue weighted by Crippen LogP contribution is 2.40. The molecule has 3 aromatic carbocycles. The van der Waals surface area contributed by atoms with Gasteiger partial charge in [0.15, 0.2) is 0 Å². The number of halogens is 1. The lowest BCUT2D eigenvalue weighted by atomic mass is 10.0. The molecule has 0 saturated carbocycles. The Morgan fingerprint density at radius 3 is 2.79 bits per heavy atom. The van der Waals surface area contributed by atoms with Crippen LogP contribution in [0.5, 0.6) is 5.75 Å². The third kappa shape index (κ3) is 5.19. The first-order chi connectivity index (χ1) is 18.3. The third-order valence-electron chi connectivity index (χ3n) is 6.85. The summed E-state index contributed by atoms with van der Waals surface area (Å²) in [6.07, 6.45) is 6.43. The van der Waals surface area contributed by atoms with E-state index in [0.717, 1.165) is 33.2 Å². The number of aromatic amines is 1. The number of sulfonamides is 1. The van der Waals surface area contributed by atoms with Gasteiger partial charge >= 0.3 is 0 Å². The van der Waals surface area contributed by atoms with Crippen LogP contribution in [0.25, 0.3) is 17.0 Å². The van der Waals surface area contributed by atoms with Crippen molar-refractivity contribution in [2.24, 2.45) is 0 Å². The summed E-state index contributed by atoms with van der Waals surface area (Å²) in [7, 11) is -3.95. The maximum atomic E-state index is 13.9. The lowest BCUT2D eigenvalue weighted by molar-refractivity contribution is -0.124. The number of aryl methyl sites for hydroxylation is 1. The van der Waals surface area contributed by atoms with Gasteiger partial charge in [-0.3, -0.25) is 10.0 Å². The summed E-state index contributed by atoms with van der Waals surface area (Å²) >= 11 is 6.12. The standard InChI is InChI=1S/C28H26ClN3O5S/c29-21-7-9-24-20(17-30-26(24)15-21)12-13-32(38(36,37)23-3-1-2-22(33)16-23)27-10-6-19-14-18(4-8-25(19)27)5-11-28(34)31-35/h1-5,7-9,11,14-17,27,30,33,35H,6,10,12-13H2,(H,31,34). The van der Waals surface area contributed by atoms with Gasteiger partial charge in [0.25, 0.3) is 5.91 Å². The van der Waals surface area contributed by atoms with Crippen LogP contribution in [0.4, 0.5) is 0 Å². The molecule has 4 aromatic rings. The molecule has 1 aliphatic carbocycles. The van der Waals surface area contributed by atoms with Crippen molar-refractivity contribution in [3.63, 3.8) is 0 Å². The molecular formula is C28H26ClN3O5S. The molecule has 1 aliphatic rings. The topological polar surface area (TPSA) is 123 Å². The van der Waals surface area contributed by atoms with Crippen molar-refractivity contribution in [1.29, 1.82) is 0 Å². The van der Waals surface area contributed by atoms with Crippen molar-refractivity contribution >= 4 is 44.5 Å². The van der Waals surface area contributed by atoms with Crippen molar-refractivity contribution in [3.05, 3.63) is 100 Å². The Hall–Kier alpha value is -3.63. The largest absolute Gasteiger partial charge is 0.508 e. The van der Waals surface area contributed by atoms with E-state index in [1.165, 1.54) is 34.6 Å². The Labute approximate surface area is 225 Å². The van der Waals surface area contributed by atoms with E-state index >= 15 is 0 Å². The van der Waals surface area contributed by atoms with E-state index in [-0.39, 0.29) is 17.2 Å². The van der Waals surface area contributed by atoms with Gasteiger partial charge in [-0.15, -0.1) is 0 Å². The van der Waals surface area contributed by atoms with Crippen LogP contribution in [0, 0.1) is 0 Å². The number of hydrogen-bond acceptors (Lipinski definition) is 5. The second-order valence-electron chi connectivity index (χ2n) is 9.19. The lowest BCUT2D eigenvalue weighted by Crippen LogP contribution is -2.35. The molecule has 1 atom stereocenters. The predicted octanol–water partition coefficient (Wildman–Crippen LogP) is 4.97. The minimum atomic E-state index is -3.95. The number of hydrogen-bond donors (Lipinski definition) is 4. The highest BCUT2D eigenvalue weighted by molar-refractivity contribution is 7.89. The minimum absolute atomic E-state index is 0.0335. The summed E-state index contributed by atoms with van der Waals surface area (Å²) in [5, 5.41) is 20.3. The Kier molecular flexibility index (Phi) is 7.27. The molecule has 5 rings (SSSR count). The number of aromatic nitrogens is 1. The number of amides is 1. The highest BCUT2D eigenvalue weighted by Gasteiger charge is 2.36. The number of hydroxylamine groups is 1. The quantitative estimate of drug-likeness (QED) is 0.140. The lowest BCUT2D eigenvalue weighted by Gasteiger charge is -2.29. The summed E-state index contributed by atoms with van der Waals surface area (Å²) < 4.78 is 29.4. The summed E-state index contributed by atoms with van der Waals surface area (Å²) in [5.41, 5.74) is 6.10. The second kappa shape index (κ2) is 10.6.